The van der Waals surface area contributed by atoms with E-state index in [1.54, 1.807) is 30.3 Å². The lowest BCUT2D eigenvalue weighted by molar-refractivity contribution is 0.449. The second-order valence-electron chi connectivity index (χ2n) is 5.40. The van der Waals surface area contributed by atoms with Crippen LogP contribution in [0.25, 0.3) is 22.3 Å². The second-order valence-corrected chi connectivity index (χ2v) is 5.40. The molecule has 122 valence electrons. The summed E-state index contributed by atoms with van der Waals surface area (Å²) in [7, 11) is 0. The lowest BCUT2D eigenvalue weighted by Gasteiger charge is -2.16. The average Bonchev–Trinajstić information content (AvgIpc) is 2.60. The Kier molecular flexibility index (Phi) is 4.38. The van der Waals surface area contributed by atoms with Crippen LogP contribution in [0.15, 0.2) is 54.6 Å². The van der Waals surface area contributed by atoms with Gasteiger partial charge in [0.15, 0.2) is 17.5 Å². The van der Waals surface area contributed by atoms with Crippen molar-refractivity contribution in [2.75, 3.05) is 0 Å². The third kappa shape index (κ3) is 2.68. The van der Waals surface area contributed by atoms with Gasteiger partial charge in [0.2, 0.25) is 0 Å². The number of aryl methyl sites for hydroxylation is 1. The van der Waals surface area contributed by atoms with Crippen LogP contribution in [0.1, 0.15) is 12.5 Å². The van der Waals surface area contributed by atoms with E-state index < -0.39 is 23.3 Å². The molecule has 0 saturated heterocycles. The molecular formula is C20H14F4. The Morgan fingerprint density at radius 2 is 1.29 bits per heavy atom. The van der Waals surface area contributed by atoms with Crippen LogP contribution in [0.3, 0.4) is 0 Å². The number of hydrogen-bond acceptors (Lipinski definition) is 0. The highest BCUT2D eigenvalue weighted by Crippen LogP contribution is 2.39. The molecule has 0 spiro atoms. The second kappa shape index (κ2) is 6.48. The first-order valence-corrected chi connectivity index (χ1v) is 7.55. The van der Waals surface area contributed by atoms with Crippen molar-refractivity contribution < 1.29 is 17.6 Å². The summed E-state index contributed by atoms with van der Waals surface area (Å²) in [6.45, 7) is 1.87. The summed E-state index contributed by atoms with van der Waals surface area (Å²) in [6.07, 6.45) is 0.575. The Morgan fingerprint density at radius 3 is 1.96 bits per heavy atom. The molecule has 3 aromatic carbocycles. The minimum Gasteiger partial charge on any atom is -0.206 e. The molecular weight excluding hydrogens is 316 g/mol. The molecule has 0 atom stereocenters. The van der Waals surface area contributed by atoms with Gasteiger partial charge < -0.3 is 0 Å². The summed E-state index contributed by atoms with van der Waals surface area (Å²) in [5.74, 6) is -4.84. The Balaban J connectivity index is 2.41. The molecule has 0 bridgehead atoms. The Hall–Kier alpha value is -2.62. The van der Waals surface area contributed by atoms with E-state index in [9.17, 15) is 17.6 Å². The maximum absolute atomic E-state index is 14.6. The summed E-state index contributed by atoms with van der Waals surface area (Å²) in [6, 6.07) is 13.4. The van der Waals surface area contributed by atoms with E-state index in [0.29, 0.717) is 12.0 Å². The van der Waals surface area contributed by atoms with Crippen molar-refractivity contribution in [2.24, 2.45) is 0 Å². The van der Waals surface area contributed by atoms with Gasteiger partial charge in [-0.05, 0) is 35.2 Å². The van der Waals surface area contributed by atoms with Crippen molar-refractivity contribution >= 4 is 0 Å². The van der Waals surface area contributed by atoms with Gasteiger partial charge in [-0.2, -0.15) is 0 Å². The van der Waals surface area contributed by atoms with Gasteiger partial charge >= 0.3 is 0 Å². The molecule has 0 fully saturated rings. The molecule has 0 aromatic heterocycles. The molecule has 3 aromatic rings. The third-order valence-corrected chi connectivity index (χ3v) is 3.99. The summed E-state index contributed by atoms with van der Waals surface area (Å²) in [5.41, 5.74) is 1.08. The highest BCUT2D eigenvalue weighted by Gasteiger charge is 2.23. The van der Waals surface area contributed by atoms with Crippen molar-refractivity contribution in [1.82, 2.24) is 0 Å². The number of hydrogen-bond donors (Lipinski definition) is 0. The van der Waals surface area contributed by atoms with Crippen LogP contribution >= 0.6 is 0 Å². The Bertz CT molecular complexity index is 900. The first-order valence-electron chi connectivity index (χ1n) is 7.55. The molecule has 0 heterocycles. The van der Waals surface area contributed by atoms with Crippen LogP contribution in [0, 0.1) is 23.3 Å². The fraction of sp³-hybridized carbons (Fsp3) is 0.100. The molecule has 0 saturated carbocycles. The molecule has 0 aliphatic heterocycles. The molecule has 0 N–H and O–H groups in total. The highest BCUT2D eigenvalue weighted by atomic mass is 19.2. The van der Waals surface area contributed by atoms with Crippen LogP contribution in [0.2, 0.25) is 0 Å². The van der Waals surface area contributed by atoms with Crippen LogP contribution in [0.4, 0.5) is 17.6 Å². The molecule has 0 aliphatic rings. The van der Waals surface area contributed by atoms with Gasteiger partial charge in [-0.3, -0.25) is 0 Å². The average molecular weight is 330 g/mol. The third-order valence-electron chi connectivity index (χ3n) is 3.99. The molecule has 0 radical (unpaired) electrons. The van der Waals surface area contributed by atoms with Crippen LogP contribution < -0.4 is 0 Å². The number of halogens is 4. The van der Waals surface area contributed by atoms with Gasteiger partial charge in [-0.25, -0.2) is 17.6 Å². The fourth-order valence-corrected chi connectivity index (χ4v) is 2.82. The van der Waals surface area contributed by atoms with Crippen LogP contribution in [-0.4, -0.2) is 0 Å². The standard InChI is InChI=1S/C20H14F4/c1-2-12-7-3-4-8-13(12)18-15(11-17(22)19(23)20(18)24)14-9-5-6-10-16(14)21/h3-11H,2H2,1H3. The Morgan fingerprint density at radius 1 is 0.667 bits per heavy atom. The van der Waals surface area contributed by atoms with E-state index in [1.807, 2.05) is 6.92 Å². The molecule has 4 heteroatoms. The van der Waals surface area contributed by atoms with E-state index in [0.717, 1.165) is 11.6 Å². The quantitative estimate of drug-likeness (QED) is 0.400. The number of rotatable bonds is 3. The molecule has 0 unspecified atom stereocenters. The highest BCUT2D eigenvalue weighted by molar-refractivity contribution is 5.85. The minimum absolute atomic E-state index is 0.00889. The Labute approximate surface area is 137 Å². The van der Waals surface area contributed by atoms with Gasteiger partial charge in [-0.1, -0.05) is 49.4 Å². The van der Waals surface area contributed by atoms with Crippen molar-refractivity contribution in [3.05, 3.63) is 83.4 Å². The first kappa shape index (κ1) is 16.2. The van der Waals surface area contributed by atoms with Gasteiger partial charge in [0.25, 0.3) is 0 Å². The maximum Gasteiger partial charge on any atom is 0.195 e. The molecule has 0 amide bonds. The van der Waals surface area contributed by atoms with Gasteiger partial charge in [-0.15, -0.1) is 0 Å². The van der Waals surface area contributed by atoms with Crippen molar-refractivity contribution in [1.29, 1.82) is 0 Å². The fourth-order valence-electron chi connectivity index (χ4n) is 2.82. The molecule has 3 rings (SSSR count). The summed E-state index contributed by atoms with van der Waals surface area (Å²) in [5, 5.41) is 0. The molecule has 24 heavy (non-hydrogen) atoms. The molecule has 0 aliphatic carbocycles. The van der Waals surface area contributed by atoms with Gasteiger partial charge in [0.05, 0.1) is 0 Å². The predicted molar refractivity (Wildman–Crippen MR) is 86.5 cm³/mol. The summed E-state index contributed by atoms with van der Waals surface area (Å²) in [4.78, 5) is 0. The monoisotopic (exact) mass is 330 g/mol. The van der Waals surface area contributed by atoms with E-state index >= 15 is 0 Å². The lowest BCUT2D eigenvalue weighted by atomic mass is 9.90. The van der Waals surface area contributed by atoms with Crippen molar-refractivity contribution in [2.45, 2.75) is 13.3 Å². The van der Waals surface area contributed by atoms with Gasteiger partial charge in [0.1, 0.15) is 5.82 Å². The van der Waals surface area contributed by atoms with E-state index in [1.165, 1.54) is 18.2 Å². The summed E-state index contributed by atoms with van der Waals surface area (Å²) >= 11 is 0. The first-order chi connectivity index (χ1) is 11.5. The molecule has 0 nitrogen and oxygen atoms in total. The largest absolute Gasteiger partial charge is 0.206 e. The van der Waals surface area contributed by atoms with E-state index in [2.05, 4.69) is 0 Å². The van der Waals surface area contributed by atoms with Crippen LogP contribution in [-0.2, 0) is 6.42 Å². The van der Waals surface area contributed by atoms with Crippen LogP contribution in [0.5, 0.6) is 0 Å². The van der Waals surface area contributed by atoms with E-state index in [-0.39, 0.29) is 16.7 Å². The zero-order valence-corrected chi connectivity index (χ0v) is 12.9. The zero-order chi connectivity index (χ0) is 17.3. The SMILES string of the molecule is CCc1ccccc1-c1c(-c2ccccc2F)cc(F)c(F)c1F. The van der Waals surface area contributed by atoms with Crippen molar-refractivity contribution in [3.63, 3.8) is 0 Å². The predicted octanol–water partition coefficient (Wildman–Crippen LogP) is 6.14. The van der Waals surface area contributed by atoms with E-state index in [4.69, 9.17) is 0 Å². The zero-order valence-electron chi connectivity index (χ0n) is 12.9. The normalized spacial score (nSPS) is 10.9. The maximum atomic E-state index is 14.6. The van der Waals surface area contributed by atoms with Crippen molar-refractivity contribution in [3.8, 4) is 22.3 Å². The number of benzene rings is 3. The minimum atomic E-state index is -1.56. The topological polar surface area (TPSA) is 0 Å². The lowest BCUT2D eigenvalue weighted by Crippen LogP contribution is -2.01. The van der Waals surface area contributed by atoms with Gasteiger partial charge in [0, 0.05) is 11.1 Å². The smallest absolute Gasteiger partial charge is 0.195 e. The summed E-state index contributed by atoms with van der Waals surface area (Å²) < 4.78 is 56.4.